The second kappa shape index (κ2) is 8.07. The molecule has 1 aliphatic carbocycles. The molecule has 0 atom stereocenters. The van der Waals surface area contributed by atoms with E-state index in [1.165, 1.54) is 16.2 Å². The van der Waals surface area contributed by atoms with Crippen molar-refractivity contribution in [1.29, 1.82) is 0 Å². The van der Waals surface area contributed by atoms with Crippen molar-refractivity contribution in [2.45, 2.75) is 32.6 Å². The molecule has 2 heterocycles. The highest BCUT2D eigenvalue weighted by molar-refractivity contribution is 7.17. The van der Waals surface area contributed by atoms with E-state index in [-0.39, 0.29) is 18.6 Å². The zero-order valence-electron chi connectivity index (χ0n) is 17.1. The van der Waals surface area contributed by atoms with E-state index in [9.17, 15) is 9.59 Å². The average molecular weight is 435 g/mol. The predicted molar refractivity (Wildman–Crippen MR) is 121 cm³/mol. The van der Waals surface area contributed by atoms with Crippen LogP contribution < -0.4 is 20.1 Å². The Kier molecular flexibility index (Phi) is 5.11. The summed E-state index contributed by atoms with van der Waals surface area (Å²) in [5.41, 5.74) is 3.96. The van der Waals surface area contributed by atoms with Gasteiger partial charge in [0.05, 0.1) is 5.56 Å². The Bertz CT molecular complexity index is 1170. The predicted octanol–water partition coefficient (Wildman–Crippen LogP) is 5.17. The maximum atomic E-state index is 13.2. The normalized spacial score (nSPS) is 14.1. The van der Waals surface area contributed by atoms with E-state index >= 15 is 0 Å². The summed E-state index contributed by atoms with van der Waals surface area (Å²) in [6.45, 7) is 2.16. The summed E-state index contributed by atoms with van der Waals surface area (Å²) in [6.07, 6.45) is 3.93. The van der Waals surface area contributed by atoms with E-state index in [4.69, 9.17) is 9.47 Å². The van der Waals surface area contributed by atoms with Crippen LogP contribution in [0, 0.1) is 6.92 Å². The Labute approximate surface area is 184 Å². The first-order valence-electron chi connectivity index (χ1n) is 10.3. The SMILES string of the molecule is Cc1ccc(NC(=O)c2c(NC(=O)c3ccc4c(c3)OCO4)sc3c2CCCC3)cc1. The Hall–Kier alpha value is -3.32. The second-order valence-electron chi connectivity index (χ2n) is 7.76. The van der Waals surface area contributed by atoms with Gasteiger partial charge in [-0.3, -0.25) is 9.59 Å². The number of fused-ring (bicyclic) bond motifs is 2. The van der Waals surface area contributed by atoms with Crippen LogP contribution in [0.15, 0.2) is 42.5 Å². The van der Waals surface area contributed by atoms with Crippen molar-refractivity contribution in [3.63, 3.8) is 0 Å². The largest absolute Gasteiger partial charge is 0.454 e. The van der Waals surface area contributed by atoms with Gasteiger partial charge in [-0.1, -0.05) is 17.7 Å². The number of carbonyl (C=O) groups is 2. The standard InChI is InChI=1S/C24H22N2O4S/c1-14-6-9-16(10-7-14)25-23(28)21-17-4-2-3-5-20(17)31-24(21)26-22(27)15-8-11-18-19(12-15)30-13-29-18/h6-12H,2-5,13H2,1H3,(H,25,28)(H,26,27). The first-order chi connectivity index (χ1) is 15.1. The van der Waals surface area contributed by atoms with Crippen LogP contribution in [0.4, 0.5) is 10.7 Å². The molecular weight excluding hydrogens is 412 g/mol. The monoisotopic (exact) mass is 434 g/mol. The van der Waals surface area contributed by atoms with Gasteiger partial charge < -0.3 is 20.1 Å². The number of benzene rings is 2. The van der Waals surface area contributed by atoms with Gasteiger partial charge in [0.15, 0.2) is 11.5 Å². The highest BCUT2D eigenvalue weighted by Gasteiger charge is 2.27. The van der Waals surface area contributed by atoms with Gasteiger partial charge in [0, 0.05) is 16.1 Å². The van der Waals surface area contributed by atoms with Gasteiger partial charge in [-0.15, -0.1) is 11.3 Å². The van der Waals surface area contributed by atoms with Crippen LogP contribution in [0.1, 0.15) is 49.6 Å². The number of carbonyl (C=O) groups excluding carboxylic acids is 2. The topological polar surface area (TPSA) is 76.7 Å². The minimum absolute atomic E-state index is 0.154. The van der Waals surface area contributed by atoms with Gasteiger partial charge in [0.1, 0.15) is 5.00 Å². The van der Waals surface area contributed by atoms with Crippen LogP contribution in [-0.2, 0) is 12.8 Å². The third-order valence-electron chi connectivity index (χ3n) is 5.57. The first kappa shape index (κ1) is 19.6. The second-order valence-corrected chi connectivity index (χ2v) is 8.86. The maximum absolute atomic E-state index is 13.2. The summed E-state index contributed by atoms with van der Waals surface area (Å²) in [5, 5.41) is 6.56. The molecule has 0 saturated heterocycles. The van der Waals surface area contributed by atoms with Crippen molar-refractivity contribution in [1.82, 2.24) is 0 Å². The lowest BCUT2D eigenvalue weighted by Crippen LogP contribution is -2.18. The Morgan fingerprint density at radius 1 is 0.903 bits per heavy atom. The molecule has 0 fully saturated rings. The molecule has 6 nitrogen and oxygen atoms in total. The molecule has 31 heavy (non-hydrogen) atoms. The van der Waals surface area contributed by atoms with E-state index in [0.29, 0.717) is 27.6 Å². The van der Waals surface area contributed by atoms with Gasteiger partial charge in [0.2, 0.25) is 6.79 Å². The number of aryl methyl sites for hydroxylation is 2. The van der Waals surface area contributed by atoms with Gasteiger partial charge in [0.25, 0.3) is 11.8 Å². The number of amides is 2. The third kappa shape index (κ3) is 3.88. The van der Waals surface area contributed by atoms with Crippen LogP contribution in [0.2, 0.25) is 0 Å². The van der Waals surface area contributed by atoms with E-state index in [0.717, 1.165) is 42.5 Å². The number of rotatable bonds is 4. The minimum atomic E-state index is -0.277. The quantitative estimate of drug-likeness (QED) is 0.594. The van der Waals surface area contributed by atoms with Gasteiger partial charge in [-0.05, 0) is 68.5 Å². The van der Waals surface area contributed by atoms with Crippen molar-refractivity contribution in [2.24, 2.45) is 0 Å². The zero-order chi connectivity index (χ0) is 21.4. The highest BCUT2D eigenvalue weighted by Crippen LogP contribution is 2.39. The zero-order valence-corrected chi connectivity index (χ0v) is 17.9. The van der Waals surface area contributed by atoms with Crippen LogP contribution in [0.25, 0.3) is 0 Å². The van der Waals surface area contributed by atoms with Crippen LogP contribution in [-0.4, -0.2) is 18.6 Å². The molecule has 5 rings (SSSR count). The van der Waals surface area contributed by atoms with Crippen LogP contribution in [0.3, 0.4) is 0 Å². The molecule has 2 aliphatic rings. The Morgan fingerprint density at radius 3 is 2.52 bits per heavy atom. The number of thiophene rings is 1. The molecule has 0 saturated carbocycles. The van der Waals surface area contributed by atoms with E-state index in [1.54, 1.807) is 18.2 Å². The molecule has 0 bridgehead atoms. The number of hydrogen-bond acceptors (Lipinski definition) is 5. The molecule has 0 radical (unpaired) electrons. The summed E-state index contributed by atoms with van der Waals surface area (Å²) in [7, 11) is 0. The fraction of sp³-hybridized carbons (Fsp3) is 0.250. The van der Waals surface area contributed by atoms with Gasteiger partial charge in [-0.25, -0.2) is 0 Å². The molecule has 7 heteroatoms. The van der Waals surface area contributed by atoms with Gasteiger partial charge in [-0.2, -0.15) is 0 Å². The van der Waals surface area contributed by atoms with Crippen molar-refractivity contribution in [3.8, 4) is 11.5 Å². The summed E-state index contributed by atoms with van der Waals surface area (Å²) < 4.78 is 10.7. The Morgan fingerprint density at radius 2 is 1.68 bits per heavy atom. The molecule has 1 aromatic heterocycles. The van der Waals surface area contributed by atoms with Crippen molar-refractivity contribution in [3.05, 3.63) is 69.6 Å². The lowest BCUT2D eigenvalue weighted by Gasteiger charge is -2.13. The fourth-order valence-corrected chi connectivity index (χ4v) is 5.22. The van der Waals surface area contributed by atoms with Crippen molar-refractivity contribution in [2.75, 3.05) is 17.4 Å². The lowest BCUT2D eigenvalue weighted by atomic mass is 9.95. The summed E-state index contributed by atoms with van der Waals surface area (Å²) in [4.78, 5) is 27.4. The molecule has 1 aliphatic heterocycles. The van der Waals surface area contributed by atoms with Gasteiger partial charge >= 0.3 is 0 Å². The molecule has 2 aromatic carbocycles. The minimum Gasteiger partial charge on any atom is -0.454 e. The average Bonchev–Trinajstić information content (AvgIpc) is 3.38. The molecule has 2 N–H and O–H groups in total. The number of nitrogens with one attached hydrogen (secondary N) is 2. The lowest BCUT2D eigenvalue weighted by molar-refractivity contribution is 0.102. The van der Waals surface area contributed by atoms with Crippen LogP contribution in [0.5, 0.6) is 11.5 Å². The smallest absolute Gasteiger partial charge is 0.258 e. The third-order valence-corrected chi connectivity index (χ3v) is 6.78. The molecular formula is C24H22N2O4S. The van der Waals surface area contributed by atoms with Crippen molar-refractivity contribution >= 4 is 33.8 Å². The molecule has 158 valence electrons. The molecule has 0 unspecified atom stereocenters. The summed E-state index contributed by atoms with van der Waals surface area (Å²) in [5.74, 6) is 0.710. The molecule has 0 spiro atoms. The van der Waals surface area contributed by atoms with E-state index in [2.05, 4.69) is 10.6 Å². The van der Waals surface area contributed by atoms with Crippen molar-refractivity contribution < 1.29 is 19.1 Å². The first-order valence-corrected chi connectivity index (χ1v) is 11.1. The highest BCUT2D eigenvalue weighted by atomic mass is 32.1. The number of anilines is 2. The van der Waals surface area contributed by atoms with E-state index in [1.807, 2.05) is 31.2 Å². The maximum Gasteiger partial charge on any atom is 0.258 e. The number of hydrogen-bond donors (Lipinski definition) is 2. The summed E-state index contributed by atoms with van der Waals surface area (Å²) in [6, 6.07) is 12.8. The number of ether oxygens (including phenoxy) is 2. The summed E-state index contributed by atoms with van der Waals surface area (Å²) >= 11 is 1.50. The van der Waals surface area contributed by atoms with E-state index < -0.39 is 0 Å². The molecule has 3 aromatic rings. The Balaban J connectivity index is 1.44. The molecule has 2 amide bonds. The van der Waals surface area contributed by atoms with Crippen LogP contribution >= 0.6 is 11.3 Å². The fourth-order valence-electron chi connectivity index (χ4n) is 3.94.